The van der Waals surface area contributed by atoms with E-state index in [0.717, 1.165) is 19.0 Å². The molecule has 1 aliphatic heterocycles. The second-order valence-electron chi connectivity index (χ2n) is 5.00. The number of hydrogen-bond acceptors (Lipinski definition) is 2. The Morgan fingerprint density at radius 2 is 2.18 bits per heavy atom. The molecule has 0 bridgehead atoms. The van der Waals surface area contributed by atoms with Crippen LogP contribution in [0.4, 0.5) is 0 Å². The van der Waals surface area contributed by atoms with Crippen LogP contribution in [0, 0.1) is 5.92 Å². The highest BCUT2D eigenvalue weighted by Crippen LogP contribution is 2.25. The van der Waals surface area contributed by atoms with Crippen molar-refractivity contribution in [2.45, 2.75) is 44.6 Å². The van der Waals surface area contributed by atoms with E-state index in [1.54, 1.807) is 0 Å². The van der Waals surface area contributed by atoms with E-state index in [2.05, 4.69) is 46.0 Å². The molecule has 1 saturated heterocycles. The summed E-state index contributed by atoms with van der Waals surface area (Å²) in [6.45, 7) is 8.85. The fourth-order valence-corrected chi connectivity index (χ4v) is 3.02. The zero-order chi connectivity index (χ0) is 12.3. The maximum absolute atomic E-state index is 4.33. The van der Waals surface area contributed by atoms with Gasteiger partial charge in [0, 0.05) is 29.7 Å². The average Bonchev–Trinajstić information content (AvgIpc) is 2.77. The molecule has 0 aromatic carbocycles. The van der Waals surface area contributed by atoms with Gasteiger partial charge in [-0.1, -0.05) is 22.9 Å². The van der Waals surface area contributed by atoms with Crippen molar-refractivity contribution in [1.82, 2.24) is 14.7 Å². The molecule has 1 aromatic rings. The van der Waals surface area contributed by atoms with Gasteiger partial charge in [-0.15, -0.1) is 0 Å². The standard InChI is InChI=1S/C13H22BrN3/c1-3-17-10-12(8-15-17)9-16-6-4-13(5-7-16)11(2)14/h8,10-11,13H,3-7,9H2,1-2H3. The monoisotopic (exact) mass is 299 g/mol. The minimum absolute atomic E-state index is 0.660. The minimum Gasteiger partial charge on any atom is -0.299 e. The summed E-state index contributed by atoms with van der Waals surface area (Å²) in [6, 6.07) is 0. The summed E-state index contributed by atoms with van der Waals surface area (Å²) in [5, 5.41) is 4.33. The van der Waals surface area contributed by atoms with Crippen LogP contribution in [0.15, 0.2) is 12.4 Å². The summed E-state index contributed by atoms with van der Waals surface area (Å²) >= 11 is 3.70. The van der Waals surface area contributed by atoms with Crippen LogP contribution in [0.25, 0.3) is 0 Å². The lowest BCUT2D eigenvalue weighted by molar-refractivity contribution is 0.178. The highest BCUT2D eigenvalue weighted by molar-refractivity contribution is 9.09. The van der Waals surface area contributed by atoms with Gasteiger partial charge in [0.05, 0.1) is 6.20 Å². The summed E-state index contributed by atoms with van der Waals surface area (Å²) in [5.74, 6) is 0.851. The van der Waals surface area contributed by atoms with E-state index in [0.29, 0.717) is 4.83 Å². The lowest BCUT2D eigenvalue weighted by Gasteiger charge is -2.32. The van der Waals surface area contributed by atoms with Crippen LogP contribution >= 0.6 is 15.9 Å². The smallest absolute Gasteiger partial charge is 0.0534 e. The number of aromatic nitrogens is 2. The van der Waals surface area contributed by atoms with Crippen molar-refractivity contribution in [3.8, 4) is 0 Å². The van der Waals surface area contributed by atoms with Gasteiger partial charge in [0.15, 0.2) is 0 Å². The second kappa shape index (κ2) is 6.01. The first-order valence-electron chi connectivity index (χ1n) is 6.56. The van der Waals surface area contributed by atoms with Crippen LogP contribution in [0.3, 0.4) is 0 Å². The predicted octanol–water partition coefficient (Wildman–Crippen LogP) is 2.90. The fraction of sp³-hybridized carbons (Fsp3) is 0.769. The van der Waals surface area contributed by atoms with E-state index < -0.39 is 0 Å². The number of likely N-dealkylation sites (tertiary alicyclic amines) is 1. The zero-order valence-electron chi connectivity index (χ0n) is 10.8. The molecule has 1 unspecified atom stereocenters. The van der Waals surface area contributed by atoms with Gasteiger partial charge in [-0.05, 0) is 38.8 Å². The van der Waals surface area contributed by atoms with E-state index in [1.807, 2.05) is 10.9 Å². The number of piperidine rings is 1. The van der Waals surface area contributed by atoms with Gasteiger partial charge >= 0.3 is 0 Å². The first-order valence-corrected chi connectivity index (χ1v) is 7.48. The molecule has 0 N–H and O–H groups in total. The maximum atomic E-state index is 4.33. The molecular formula is C13H22BrN3. The van der Waals surface area contributed by atoms with Crippen molar-refractivity contribution in [3.63, 3.8) is 0 Å². The molecule has 96 valence electrons. The quantitative estimate of drug-likeness (QED) is 0.797. The number of alkyl halides is 1. The zero-order valence-corrected chi connectivity index (χ0v) is 12.4. The second-order valence-corrected chi connectivity index (χ2v) is 6.44. The first kappa shape index (κ1) is 13.1. The molecule has 3 nitrogen and oxygen atoms in total. The van der Waals surface area contributed by atoms with E-state index in [1.165, 1.54) is 31.5 Å². The molecule has 2 rings (SSSR count). The average molecular weight is 300 g/mol. The number of aryl methyl sites for hydroxylation is 1. The van der Waals surface area contributed by atoms with Crippen molar-refractivity contribution in [1.29, 1.82) is 0 Å². The van der Waals surface area contributed by atoms with Crippen LogP contribution in [0.1, 0.15) is 32.3 Å². The molecule has 4 heteroatoms. The SMILES string of the molecule is CCn1cc(CN2CCC(C(C)Br)CC2)cn1. The van der Waals surface area contributed by atoms with Crippen molar-refractivity contribution >= 4 is 15.9 Å². The van der Waals surface area contributed by atoms with Gasteiger partial charge in [-0.25, -0.2) is 0 Å². The number of rotatable bonds is 4. The van der Waals surface area contributed by atoms with Gasteiger partial charge < -0.3 is 0 Å². The molecule has 1 aromatic heterocycles. The van der Waals surface area contributed by atoms with Gasteiger partial charge in [0.2, 0.25) is 0 Å². The van der Waals surface area contributed by atoms with Gasteiger partial charge in [0.1, 0.15) is 0 Å². The molecule has 1 atom stereocenters. The summed E-state index contributed by atoms with van der Waals surface area (Å²) in [4.78, 5) is 3.20. The molecule has 17 heavy (non-hydrogen) atoms. The molecule has 0 amide bonds. The highest BCUT2D eigenvalue weighted by Gasteiger charge is 2.22. The Balaban J connectivity index is 1.81. The Labute approximate surface area is 112 Å². The lowest BCUT2D eigenvalue weighted by atomic mass is 9.94. The molecule has 2 heterocycles. The van der Waals surface area contributed by atoms with Crippen LogP contribution < -0.4 is 0 Å². The lowest BCUT2D eigenvalue weighted by Crippen LogP contribution is -2.35. The minimum atomic E-state index is 0.660. The largest absolute Gasteiger partial charge is 0.299 e. The molecule has 0 spiro atoms. The van der Waals surface area contributed by atoms with E-state index in [4.69, 9.17) is 0 Å². The molecule has 0 radical (unpaired) electrons. The predicted molar refractivity (Wildman–Crippen MR) is 74.3 cm³/mol. The van der Waals surface area contributed by atoms with Crippen molar-refractivity contribution in [2.24, 2.45) is 5.92 Å². The first-order chi connectivity index (χ1) is 8.19. The maximum Gasteiger partial charge on any atom is 0.0534 e. The Kier molecular flexibility index (Phi) is 4.62. The topological polar surface area (TPSA) is 21.1 Å². The number of halogens is 1. The van der Waals surface area contributed by atoms with Crippen molar-refractivity contribution < 1.29 is 0 Å². The Morgan fingerprint density at radius 3 is 2.71 bits per heavy atom. The third kappa shape index (κ3) is 3.55. The van der Waals surface area contributed by atoms with Crippen LogP contribution in [-0.2, 0) is 13.1 Å². The normalized spacial score (nSPS) is 20.6. The van der Waals surface area contributed by atoms with Crippen LogP contribution in [0.2, 0.25) is 0 Å². The van der Waals surface area contributed by atoms with E-state index in [9.17, 15) is 0 Å². The van der Waals surface area contributed by atoms with Crippen LogP contribution in [0.5, 0.6) is 0 Å². The fourth-order valence-electron chi connectivity index (χ4n) is 2.49. The summed E-state index contributed by atoms with van der Waals surface area (Å²) < 4.78 is 2.00. The van der Waals surface area contributed by atoms with Gasteiger partial charge in [-0.3, -0.25) is 9.58 Å². The number of hydrogen-bond donors (Lipinski definition) is 0. The third-order valence-electron chi connectivity index (χ3n) is 3.70. The van der Waals surface area contributed by atoms with Gasteiger partial charge in [0.25, 0.3) is 0 Å². The Morgan fingerprint density at radius 1 is 1.47 bits per heavy atom. The molecule has 1 fully saturated rings. The molecule has 0 aliphatic carbocycles. The summed E-state index contributed by atoms with van der Waals surface area (Å²) in [7, 11) is 0. The highest BCUT2D eigenvalue weighted by atomic mass is 79.9. The number of nitrogens with zero attached hydrogens (tertiary/aromatic N) is 3. The van der Waals surface area contributed by atoms with Crippen molar-refractivity contribution in [3.05, 3.63) is 18.0 Å². The third-order valence-corrected chi connectivity index (χ3v) is 4.45. The Bertz CT molecular complexity index is 340. The van der Waals surface area contributed by atoms with E-state index >= 15 is 0 Å². The molecule has 0 saturated carbocycles. The summed E-state index contributed by atoms with van der Waals surface area (Å²) in [5.41, 5.74) is 1.34. The molecule has 1 aliphatic rings. The molecular weight excluding hydrogens is 278 g/mol. The Hall–Kier alpha value is -0.350. The van der Waals surface area contributed by atoms with Crippen LogP contribution in [-0.4, -0.2) is 32.6 Å². The van der Waals surface area contributed by atoms with Crippen molar-refractivity contribution in [2.75, 3.05) is 13.1 Å². The summed E-state index contributed by atoms with van der Waals surface area (Å²) in [6.07, 6.45) is 6.80. The van der Waals surface area contributed by atoms with Gasteiger partial charge in [-0.2, -0.15) is 5.10 Å². The van der Waals surface area contributed by atoms with E-state index in [-0.39, 0.29) is 0 Å².